The largest absolute Gasteiger partial charge is 0.496 e. The molecule has 4 atom stereocenters. The van der Waals surface area contributed by atoms with Crippen LogP contribution in [-0.4, -0.2) is 53.6 Å². The molecule has 0 radical (unpaired) electrons. The van der Waals surface area contributed by atoms with Crippen molar-refractivity contribution >= 4 is 22.7 Å². The second-order valence-electron chi connectivity index (χ2n) is 11.1. The lowest BCUT2D eigenvalue weighted by Gasteiger charge is -2.46. The molecular formula is C28H41N3O4. The van der Waals surface area contributed by atoms with Crippen LogP contribution >= 0.6 is 0 Å². The predicted molar refractivity (Wildman–Crippen MR) is 138 cm³/mol. The van der Waals surface area contributed by atoms with E-state index in [1.807, 2.05) is 29.7 Å². The average Bonchev–Trinajstić information content (AvgIpc) is 3.20. The van der Waals surface area contributed by atoms with Crippen LogP contribution < -0.4 is 14.8 Å². The van der Waals surface area contributed by atoms with Gasteiger partial charge in [-0.15, -0.1) is 0 Å². The first-order valence-corrected chi connectivity index (χ1v) is 13.0. The molecule has 0 unspecified atom stereocenters. The Morgan fingerprint density at radius 3 is 2.51 bits per heavy atom. The number of carbonyl (C=O) groups excluding carboxylic acids is 2. The Morgan fingerprint density at radius 2 is 1.86 bits per heavy atom. The summed E-state index contributed by atoms with van der Waals surface area (Å²) in [5.41, 5.74) is 0.341. The third kappa shape index (κ3) is 4.38. The predicted octanol–water partition coefficient (Wildman–Crippen LogP) is 4.86. The number of amides is 2. The summed E-state index contributed by atoms with van der Waals surface area (Å²) in [5, 5.41) is 4.19. The molecule has 2 aliphatic rings. The molecule has 2 amide bonds. The highest BCUT2D eigenvalue weighted by atomic mass is 16.5. The monoisotopic (exact) mass is 483 g/mol. The molecule has 1 aliphatic carbocycles. The first-order valence-electron chi connectivity index (χ1n) is 13.0. The van der Waals surface area contributed by atoms with E-state index in [0.717, 1.165) is 30.2 Å². The zero-order chi connectivity index (χ0) is 25.5. The van der Waals surface area contributed by atoms with Crippen molar-refractivity contribution in [2.75, 3.05) is 20.8 Å². The minimum Gasteiger partial charge on any atom is -0.496 e. The van der Waals surface area contributed by atoms with Gasteiger partial charge in [-0.2, -0.15) is 0 Å². The molecule has 0 bridgehead atoms. The Labute approximate surface area is 209 Å². The van der Waals surface area contributed by atoms with Gasteiger partial charge < -0.3 is 24.3 Å². The molecule has 35 heavy (non-hydrogen) atoms. The molecule has 1 aromatic heterocycles. The zero-order valence-electron chi connectivity index (χ0n) is 22.3. The maximum absolute atomic E-state index is 14.0. The van der Waals surface area contributed by atoms with Crippen molar-refractivity contribution in [3.05, 3.63) is 23.9 Å². The molecule has 1 aromatic carbocycles. The van der Waals surface area contributed by atoms with Gasteiger partial charge in [0.1, 0.15) is 22.7 Å². The number of methoxy groups -OCH3 is 2. The fourth-order valence-corrected chi connectivity index (χ4v) is 5.80. The Kier molecular flexibility index (Phi) is 7.07. The second-order valence-corrected chi connectivity index (χ2v) is 11.1. The summed E-state index contributed by atoms with van der Waals surface area (Å²) in [5.74, 6) is 2.54. The summed E-state index contributed by atoms with van der Waals surface area (Å²) in [4.78, 5) is 29.8. The van der Waals surface area contributed by atoms with Crippen LogP contribution in [0.4, 0.5) is 0 Å². The van der Waals surface area contributed by atoms with Gasteiger partial charge in [0.05, 0.1) is 26.3 Å². The molecule has 1 N–H and O–H groups in total. The van der Waals surface area contributed by atoms with E-state index in [-0.39, 0.29) is 17.9 Å². The van der Waals surface area contributed by atoms with E-state index in [4.69, 9.17) is 9.47 Å². The highest BCUT2D eigenvalue weighted by Gasteiger charge is 2.48. The van der Waals surface area contributed by atoms with Gasteiger partial charge in [-0.3, -0.25) is 9.59 Å². The maximum atomic E-state index is 14.0. The van der Waals surface area contributed by atoms with Gasteiger partial charge in [0.2, 0.25) is 5.91 Å². The van der Waals surface area contributed by atoms with Crippen LogP contribution in [0.5, 0.6) is 11.5 Å². The van der Waals surface area contributed by atoms with E-state index in [1.165, 1.54) is 6.42 Å². The normalized spacial score (nSPS) is 26.7. The molecule has 7 heteroatoms. The number of benzene rings is 1. The number of hydrogen-bond donors (Lipinski definition) is 1. The van der Waals surface area contributed by atoms with Gasteiger partial charge >= 0.3 is 0 Å². The van der Waals surface area contributed by atoms with Crippen LogP contribution in [0.3, 0.4) is 0 Å². The third-order valence-electron chi connectivity index (χ3n) is 8.39. The van der Waals surface area contributed by atoms with E-state index in [1.54, 1.807) is 19.1 Å². The number of nitrogens with one attached hydrogen (secondary N) is 1. The Morgan fingerprint density at radius 1 is 1.17 bits per heavy atom. The van der Waals surface area contributed by atoms with Crippen LogP contribution in [0.2, 0.25) is 0 Å². The van der Waals surface area contributed by atoms with Crippen LogP contribution in [-0.2, 0) is 11.3 Å². The third-order valence-corrected chi connectivity index (χ3v) is 8.39. The van der Waals surface area contributed by atoms with Crippen molar-refractivity contribution in [3.8, 4) is 11.5 Å². The van der Waals surface area contributed by atoms with Crippen LogP contribution in [0.25, 0.3) is 10.9 Å². The van der Waals surface area contributed by atoms with Gasteiger partial charge in [-0.25, -0.2) is 0 Å². The first-order chi connectivity index (χ1) is 16.6. The van der Waals surface area contributed by atoms with Crippen LogP contribution in [0.15, 0.2) is 18.2 Å². The summed E-state index contributed by atoms with van der Waals surface area (Å²) >= 11 is 0. The summed E-state index contributed by atoms with van der Waals surface area (Å²) in [6.07, 6.45) is 4.13. The number of hydrogen-bond acceptors (Lipinski definition) is 4. The fourth-order valence-electron chi connectivity index (χ4n) is 5.80. The zero-order valence-corrected chi connectivity index (χ0v) is 22.3. The fraction of sp³-hybridized carbons (Fsp3) is 0.643. The highest BCUT2D eigenvalue weighted by Crippen LogP contribution is 2.40. The SMILES string of the molecule is COc1ccc(OC)c2c1cc1n2C[C@](C)(C(=O)N[C@@H]2CCC[C@@H](C)[C@@H]2C)N(CCC(C)C)C1=O. The number of rotatable bonds is 7. The van der Waals surface area contributed by atoms with E-state index in [2.05, 4.69) is 33.0 Å². The molecule has 7 nitrogen and oxygen atoms in total. The first kappa shape index (κ1) is 25.4. The van der Waals surface area contributed by atoms with Crippen LogP contribution in [0.1, 0.15) is 70.8 Å². The van der Waals surface area contributed by atoms with Crippen molar-refractivity contribution in [1.29, 1.82) is 0 Å². The number of carbonyl (C=O) groups is 2. The summed E-state index contributed by atoms with van der Waals surface area (Å²) < 4.78 is 13.2. The minimum absolute atomic E-state index is 0.0741. The highest BCUT2D eigenvalue weighted by molar-refractivity contribution is 6.05. The minimum atomic E-state index is -1.01. The van der Waals surface area contributed by atoms with Gasteiger partial charge in [-0.1, -0.05) is 40.5 Å². The lowest BCUT2D eigenvalue weighted by Crippen LogP contribution is -2.65. The lowest BCUT2D eigenvalue weighted by atomic mass is 9.77. The van der Waals surface area contributed by atoms with Crippen molar-refractivity contribution in [3.63, 3.8) is 0 Å². The van der Waals surface area contributed by atoms with Crippen LogP contribution in [0, 0.1) is 17.8 Å². The number of nitrogens with zero attached hydrogens (tertiary/aromatic N) is 2. The van der Waals surface area contributed by atoms with E-state index in [0.29, 0.717) is 48.0 Å². The molecule has 1 fully saturated rings. The lowest BCUT2D eigenvalue weighted by molar-refractivity contribution is -0.134. The summed E-state index contributed by atoms with van der Waals surface area (Å²) in [6, 6.07) is 5.71. The topological polar surface area (TPSA) is 72.8 Å². The average molecular weight is 484 g/mol. The number of aromatic nitrogens is 1. The second kappa shape index (κ2) is 9.75. The van der Waals surface area contributed by atoms with Gasteiger partial charge in [0.15, 0.2) is 0 Å². The molecular weight excluding hydrogens is 442 g/mol. The van der Waals surface area contributed by atoms with Gasteiger partial charge in [-0.05, 0) is 55.7 Å². The Hall–Kier alpha value is -2.70. The maximum Gasteiger partial charge on any atom is 0.271 e. The smallest absolute Gasteiger partial charge is 0.271 e. The molecule has 1 saturated carbocycles. The molecule has 2 heterocycles. The molecule has 1 aliphatic heterocycles. The van der Waals surface area contributed by atoms with Crippen molar-refractivity contribution in [1.82, 2.24) is 14.8 Å². The number of fused-ring (bicyclic) bond motifs is 3. The molecule has 2 aromatic rings. The standard InChI is InChI=1S/C28H41N3O4/c1-17(2)13-14-31-26(32)22-15-20-23(34-6)11-12-24(35-7)25(20)30(22)16-28(31,5)27(33)29-21-10-8-9-18(3)19(21)4/h11-12,15,17-19,21H,8-10,13-14,16H2,1-7H3,(H,29,33)/t18-,19+,21-,28-/m1/s1. The van der Waals surface area contributed by atoms with E-state index < -0.39 is 5.54 Å². The number of ether oxygens (including phenoxy) is 2. The van der Waals surface area contributed by atoms with E-state index >= 15 is 0 Å². The molecule has 0 spiro atoms. The van der Waals surface area contributed by atoms with Gasteiger partial charge in [0.25, 0.3) is 5.91 Å². The van der Waals surface area contributed by atoms with E-state index in [9.17, 15) is 9.59 Å². The Bertz CT molecular complexity index is 1110. The quantitative estimate of drug-likeness (QED) is 0.610. The van der Waals surface area contributed by atoms with Gasteiger partial charge in [0, 0.05) is 18.0 Å². The van der Waals surface area contributed by atoms with Crippen molar-refractivity contribution in [2.24, 2.45) is 17.8 Å². The molecule has 0 saturated heterocycles. The summed E-state index contributed by atoms with van der Waals surface area (Å²) in [6.45, 7) is 11.6. The summed E-state index contributed by atoms with van der Waals surface area (Å²) in [7, 11) is 3.25. The molecule has 192 valence electrons. The van der Waals surface area contributed by atoms with Crippen molar-refractivity contribution < 1.29 is 19.1 Å². The Balaban J connectivity index is 1.79. The van der Waals surface area contributed by atoms with Crippen molar-refractivity contribution in [2.45, 2.75) is 78.4 Å². The molecule has 4 rings (SSSR count).